The Morgan fingerprint density at radius 3 is 2.12 bits per heavy atom. The summed E-state index contributed by atoms with van der Waals surface area (Å²) in [5.41, 5.74) is -0.624. The predicted octanol–water partition coefficient (Wildman–Crippen LogP) is 2.45. The highest BCUT2D eigenvalue weighted by Gasteiger charge is 2.27. The van der Waals surface area contributed by atoms with Gasteiger partial charge in [-0.25, -0.2) is 9.59 Å². The average Bonchev–Trinajstić information content (AvgIpc) is 2.23. The third-order valence-electron chi connectivity index (χ3n) is 2.20. The maximum absolute atomic E-state index is 11.4. The lowest BCUT2D eigenvalue weighted by Crippen LogP contribution is -2.24. The van der Waals surface area contributed by atoms with Crippen LogP contribution in [0.15, 0.2) is 10.6 Å². The van der Waals surface area contributed by atoms with E-state index in [0.29, 0.717) is 6.42 Å². The van der Waals surface area contributed by atoms with Crippen molar-refractivity contribution < 1.29 is 19.3 Å². The topological polar surface area (TPSA) is 77.3 Å². The second-order valence-corrected chi connectivity index (χ2v) is 4.34. The molecule has 0 saturated carbocycles. The van der Waals surface area contributed by atoms with E-state index in [9.17, 15) is 9.59 Å². The van der Waals surface area contributed by atoms with Crippen molar-refractivity contribution in [2.75, 3.05) is 0 Å². The number of rotatable bonds is 5. The molecule has 0 aliphatic heterocycles. The molecule has 0 aromatic heterocycles. The van der Waals surface area contributed by atoms with E-state index in [4.69, 9.17) is 0 Å². The fraction of sp³-hybridized carbons (Fsp3) is 0.800. The maximum atomic E-state index is 11.4. The molecule has 92 valence electrons. The molecule has 0 fully saturated rings. The normalized spacial score (nSPS) is 11.9. The molecule has 0 spiro atoms. The molecule has 0 N–H and O–H groups in total. The van der Waals surface area contributed by atoms with Crippen LogP contribution in [0.25, 0.3) is 0 Å². The molecule has 0 unspecified atom stereocenters. The van der Waals surface area contributed by atoms with Gasteiger partial charge in [-0.05, 0) is 20.3 Å². The van der Waals surface area contributed by atoms with E-state index in [2.05, 4.69) is 20.2 Å². The largest absolute Gasteiger partial charge is 0.342 e. The van der Waals surface area contributed by atoms with Crippen molar-refractivity contribution in [1.29, 1.82) is 0 Å². The van der Waals surface area contributed by atoms with Crippen molar-refractivity contribution in [2.45, 2.75) is 41.0 Å². The molecule has 0 aromatic rings. The Morgan fingerprint density at radius 1 is 1.19 bits per heavy atom. The van der Waals surface area contributed by atoms with Crippen LogP contribution < -0.4 is 0 Å². The summed E-state index contributed by atoms with van der Waals surface area (Å²) in [6, 6.07) is 0. The first-order valence-electron chi connectivity index (χ1n) is 5.14. The van der Waals surface area contributed by atoms with Crippen molar-refractivity contribution >= 4 is 11.9 Å². The van der Waals surface area contributed by atoms with Gasteiger partial charge in [0.15, 0.2) is 0 Å². The van der Waals surface area contributed by atoms with Crippen LogP contribution in [0.4, 0.5) is 0 Å². The molecule has 0 amide bonds. The van der Waals surface area contributed by atoms with Crippen LogP contribution in [0.5, 0.6) is 0 Å². The molecule has 0 rings (SSSR count). The van der Waals surface area contributed by atoms with Crippen LogP contribution >= 0.6 is 0 Å². The van der Waals surface area contributed by atoms with Gasteiger partial charge in [0.1, 0.15) is 0 Å². The van der Waals surface area contributed by atoms with Gasteiger partial charge in [0.05, 0.1) is 21.9 Å². The number of carbonyl (C=O) groups is 2. The number of hydrogen-bond acceptors (Lipinski definition) is 6. The zero-order valence-electron chi connectivity index (χ0n) is 10.3. The SMILES string of the molecule is CCC(C)(C)C(=O)ON=NOC(=O)C(C)C. The van der Waals surface area contributed by atoms with Gasteiger partial charge in [-0.1, -0.05) is 20.8 Å². The lowest BCUT2D eigenvalue weighted by atomic mass is 9.91. The summed E-state index contributed by atoms with van der Waals surface area (Å²) in [5.74, 6) is -1.35. The zero-order valence-corrected chi connectivity index (χ0v) is 10.3. The minimum absolute atomic E-state index is 0.304. The standard InChI is InChI=1S/C10H18N2O4/c1-6-10(4,5)9(14)16-12-11-15-8(13)7(2)3/h7H,6H2,1-5H3. The molecule has 0 atom stereocenters. The summed E-state index contributed by atoms with van der Waals surface area (Å²) in [6.07, 6.45) is 0.618. The van der Waals surface area contributed by atoms with E-state index in [1.165, 1.54) is 0 Å². The van der Waals surface area contributed by atoms with Gasteiger partial charge >= 0.3 is 11.9 Å². The Kier molecular flexibility index (Phi) is 5.63. The summed E-state index contributed by atoms with van der Waals surface area (Å²) in [5, 5.41) is 6.05. The van der Waals surface area contributed by atoms with Crippen LogP contribution in [-0.4, -0.2) is 11.9 Å². The first kappa shape index (κ1) is 14.5. The fourth-order valence-corrected chi connectivity index (χ4v) is 0.484. The van der Waals surface area contributed by atoms with E-state index in [1.807, 2.05) is 6.92 Å². The molecule has 0 aliphatic rings. The zero-order chi connectivity index (χ0) is 12.8. The lowest BCUT2D eigenvalue weighted by Gasteiger charge is -2.16. The molecule has 16 heavy (non-hydrogen) atoms. The molecule has 0 heterocycles. The molecule has 0 radical (unpaired) electrons. The van der Waals surface area contributed by atoms with Crippen LogP contribution in [-0.2, 0) is 19.3 Å². The molecular formula is C10H18N2O4. The molecule has 0 aromatic carbocycles. The van der Waals surface area contributed by atoms with Crippen LogP contribution in [0.2, 0.25) is 0 Å². The maximum Gasteiger partial charge on any atom is 0.342 e. The van der Waals surface area contributed by atoms with Crippen LogP contribution in [0.3, 0.4) is 0 Å². The molecule has 6 heteroatoms. The molecule has 6 nitrogen and oxygen atoms in total. The van der Waals surface area contributed by atoms with Crippen molar-refractivity contribution in [3.05, 3.63) is 0 Å². The van der Waals surface area contributed by atoms with Gasteiger partial charge in [-0.2, -0.15) is 0 Å². The summed E-state index contributed by atoms with van der Waals surface area (Å²) >= 11 is 0. The average molecular weight is 230 g/mol. The van der Waals surface area contributed by atoms with Gasteiger partial charge in [0.25, 0.3) is 0 Å². The van der Waals surface area contributed by atoms with Gasteiger partial charge in [0.2, 0.25) is 0 Å². The Labute approximate surface area is 94.9 Å². The molecule has 0 bridgehead atoms. The Hall–Kier alpha value is -1.46. The molecule has 0 aliphatic carbocycles. The molecule has 0 saturated heterocycles. The first-order valence-corrected chi connectivity index (χ1v) is 5.14. The van der Waals surface area contributed by atoms with Crippen molar-refractivity contribution in [2.24, 2.45) is 21.9 Å². The monoisotopic (exact) mass is 230 g/mol. The van der Waals surface area contributed by atoms with E-state index in [1.54, 1.807) is 27.7 Å². The highest BCUT2D eigenvalue weighted by molar-refractivity contribution is 5.75. The van der Waals surface area contributed by atoms with Crippen LogP contribution in [0.1, 0.15) is 41.0 Å². The smallest absolute Gasteiger partial charge is 0.297 e. The van der Waals surface area contributed by atoms with Crippen molar-refractivity contribution in [1.82, 2.24) is 0 Å². The second-order valence-electron chi connectivity index (χ2n) is 4.34. The Morgan fingerprint density at radius 2 is 1.69 bits per heavy atom. The van der Waals surface area contributed by atoms with Gasteiger partial charge < -0.3 is 0 Å². The predicted molar refractivity (Wildman–Crippen MR) is 56.0 cm³/mol. The van der Waals surface area contributed by atoms with Crippen molar-refractivity contribution in [3.8, 4) is 0 Å². The summed E-state index contributed by atoms with van der Waals surface area (Å²) in [7, 11) is 0. The quantitative estimate of drug-likeness (QED) is 0.536. The third-order valence-corrected chi connectivity index (χ3v) is 2.20. The Bertz CT molecular complexity index is 285. The minimum atomic E-state index is -0.624. The number of carbonyl (C=O) groups excluding carboxylic acids is 2. The van der Waals surface area contributed by atoms with E-state index in [0.717, 1.165) is 0 Å². The fourth-order valence-electron chi connectivity index (χ4n) is 0.484. The van der Waals surface area contributed by atoms with Gasteiger partial charge in [0, 0.05) is 0 Å². The summed E-state index contributed by atoms with van der Waals surface area (Å²) in [6.45, 7) is 8.63. The highest BCUT2D eigenvalue weighted by Crippen LogP contribution is 2.21. The number of hydrogen-bond donors (Lipinski definition) is 0. The Balaban J connectivity index is 4.03. The van der Waals surface area contributed by atoms with Gasteiger partial charge in [-0.3, -0.25) is 9.68 Å². The van der Waals surface area contributed by atoms with E-state index >= 15 is 0 Å². The summed E-state index contributed by atoms with van der Waals surface area (Å²) in [4.78, 5) is 31.1. The number of nitrogens with zero attached hydrogens (tertiary/aromatic N) is 2. The van der Waals surface area contributed by atoms with Gasteiger partial charge in [-0.15, -0.1) is 0 Å². The lowest BCUT2D eigenvalue weighted by molar-refractivity contribution is -0.161. The highest BCUT2D eigenvalue weighted by atomic mass is 16.8. The second kappa shape index (κ2) is 6.19. The van der Waals surface area contributed by atoms with E-state index < -0.39 is 17.4 Å². The third kappa shape index (κ3) is 4.86. The van der Waals surface area contributed by atoms with E-state index in [-0.39, 0.29) is 5.92 Å². The first-order chi connectivity index (χ1) is 7.31. The van der Waals surface area contributed by atoms with Crippen molar-refractivity contribution in [3.63, 3.8) is 0 Å². The molecular weight excluding hydrogens is 212 g/mol. The minimum Gasteiger partial charge on any atom is -0.297 e. The summed E-state index contributed by atoms with van der Waals surface area (Å²) < 4.78 is 0. The van der Waals surface area contributed by atoms with Crippen LogP contribution in [0, 0.1) is 11.3 Å².